The second-order valence-electron chi connectivity index (χ2n) is 5.42. The summed E-state index contributed by atoms with van der Waals surface area (Å²) in [7, 11) is 0. The molecule has 0 saturated carbocycles. The molecule has 1 aromatic carbocycles. The fraction of sp³-hybridized carbons (Fsp3) is 0.600. The summed E-state index contributed by atoms with van der Waals surface area (Å²) in [5.74, 6) is -0.309. The van der Waals surface area contributed by atoms with E-state index < -0.39 is 10.7 Å². The van der Waals surface area contributed by atoms with E-state index in [-0.39, 0.29) is 17.6 Å². The molecule has 0 radical (unpaired) electrons. The van der Waals surface area contributed by atoms with Gasteiger partial charge >= 0.3 is 0 Å². The Morgan fingerprint density at radius 2 is 2.33 bits per heavy atom. The summed E-state index contributed by atoms with van der Waals surface area (Å²) in [6, 6.07) is 3.90. The SMILES string of the molecule is CCCNC1CCOCC1Cc1cc(F)ccc1[N+](=O)[O-]. The van der Waals surface area contributed by atoms with Crippen LogP contribution < -0.4 is 5.32 Å². The zero-order chi connectivity index (χ0) is 15.2. The summed E-state index contributed by atoms with van der Waals surface area (Å²) >= 11 is 0. The minimum atomic E-state index is -0.451. The molecule has 1 aromatic rings. The quantitative estimate of drug-likeness (QED) is 0.647. The third kappa shape index (κ3) is 4.22. The summed E-state index contributed by atoms with van der Waals surface area (Å²) in [4.78, 5) is 10.6. The van der Waals surface area contributed by atoms with Gasteiger partial charge in [0.2, 0.25) is 0 Å². The van der Waals surface area contributed by atoms with Crippen LogP contribution >= 0.6 is 0 Å². The molecule has 2 unspecified atom stereocenters. The highest BCUT2D eigenvalue weighted by atomic mass is 19.1. The summed E-state index contributed by atoms with van der Waals surface area (Å²) in [5, 5.41) is 14.5. The first-order chi connectivity index (χ1) is 10.1. The number of nitrogens with one attached hydrogen (secondary N) is 1. The molecule has 116 valence electrons. The summed E-state index contributed by atoms with van der Waals surface area (Å²) in [6.07, 6.45) is 2.37. The van der Waals surface area contributed by atoms with Gasteiger partial charge in [0.1, 0.15) is 5.82 Å². The number of benzene rings is 1. The van der Waals surface area contributed by atoms with E-state index >= 15 is 0 Å². The van der Waals surface area contributed by atoms with Crippen LogP contribution in [0.5, 0.6) is 0 Å². The Morgan fingerprint density at radius 1 is 1.52 bits per heavy atom. The zero-order valence-electron chi connectivity index (χ0n) is 12.2. The van der Waals surface area contributed by atoms with Crippen LogP contribution in [0, 0.1) is 21.8 Å². The second-order valence-corrected chi connectivity index (χ2v) is 5.42. The molecular weight excluding hydrogens is 275 g/mol. The lowest BCUT2D eigenvalue weighted by atomic mass is 9.88. The predicted octanol–water partition coefficient (Wildman–Crippen LogP) is 2.68. The van der Waals surface area contributed by atoms with E-state index in [1.165, 1.54) is 12.1 Å². The fourth-order valence-corrected chi connectivity index (χ4v) is 2.77. The zero-order valence-corrected chi connectivity index (χ0v) is 12.2. The average molecular weight is 296 g/mol. The molecule has 1 aliphatic heterocycles. The predicted molar refractivity (Wildman–Crippen MR) is 77.8 cm³/mol. The Bertz CT molecular complexity index is 496. The minimum absolute atomic E-state index is 0.0174. The van der Waals surface area contributed by atoms with E-state index in [9.17, 15) is 14.5 Å². The van der Waals surface area contributed by atoms with E-state index in [0.717, 1.165) is 25.5 Å². The largest absolute Gasteiger partial charge is 0.381 e. The number of nitro benzene ring substituents is 1. The number of nitrogens with zero attached hydrogens (tertiary/aromatic N) is 1. The molecule has 2 rings (SSSR count). The van der Waals surface area contributed by atoms with Crippen LogP contribution in [0.2, 0.25) is 0 Å². The van der Waals surface area contributed by atoms with E-state index in [2.05, 4.69) is 12.2 Å². The topological polar surface area (TPSA) is 64.4 Å². The number of rotatable bonds is 6. The normalized spacial score (nSPS) is 22.2. The van der Waals surface area contributed by atoms with Crippen molar-refractivity contribution < 1.29 is 14.1 Å². The van der Waals surface area contributed by atoms with Crippen molar-refractivity contribution in [1.29, 1.82) is 0 Å². The van der Waals surface area contributed by atoms with Gasteiger partial charge in [-0.25, -0.2) is 4.39 Å². The molecule has 1 aliphatic rings. The van der Waals surface area contributed by atoms with Gasteiger partial charge in [0, 0.05) is 30.2 Å². The van der Waals surface area contributed by atoms with Gasteiger partial charge in [-0.05, 0) is 37.9 Å². The molecule has 0 bridgehead atoms. The van der Waals surface area contributed by atoms with Crippen molar-refractivity contribution in [3.05, 3.63) is 39.7 Å². The smallest absolute Gasteiger partial charge is 0.272 e. The lowest BCUT2D eigenvalue weighted by Gasteiger charge is -2.32. The maximum absolute atomic E-state index is 13.4. The van der Waals surface area contributed by atoms with Gasteiger partial charge in [0.15, 0.2) is 0 Å². The first-order valence-corrected chi connectivity index (χ1v) is 7.35. The van der Waals surface area contributed by atoms with Crippen molar-refractivity contribution in [3.8, 4) is 0 Å². The van der Waals surface area contributed by atoms with E-state index in [1.807, 2.05) is 0 Å². The van der Waals surface area contributed by atoms with Gasteiger partial charge in [-0.3, -0.25) is 10.1 Å². The number of hydrogen-bond donors (Lipinski definition) is 1. The van der Waals surface area contributed by atoms with Crippen LogP contribution in [0.1, 0.15) is 25.3 Å². The highest BCUT2D eigenvalue weighted by Crippen LogP contribution is 2.26. The Hall–Kier alpha value is -1.53. The van der Waals surface area contributed by atoms with Gasteiger partial charge in [-0.15, -0.1) is 0 Å². The highest BCUT2D eigenvalue weighted by molar-refractivity contribution is 5.40. The summed E-state index contributed by atoms with van der Waals surface area (Å²) < 4.78 is 18.9. The van der Waals surface area contributed by atoms with Crippen molar-refractivity contribution >= 4 is 5.69 Å². The average Bonchev–Trinajstić information content (AvgIpc) is 2.46. The number of hydrogen-bond acceptors (Lipinski definition) is 4. The van der Waals surface area contributed by atoms with Crippen LogP contribution in [0.4, 0.5) is 10.1 Å². The molecule has 1 heterocycles. The fourth-order valence-electron chi connectivity index (χ4n) is 2.77. The van der Waals surface area contributed by atoms with Gasteiger partial charge in [0.05, 0.1) is 11.5 Å². The molecule has 1 saturated heterocycles. The third-order valence-corrected chi connectivity index (χ3v) is 3.85. The lowest BCUT2D eigenvalue weighted by molar-refractivity contribution is -0.385. The van der Waals surface area contributed by atoms with Gasteiger partial charge in [-0.1, -0.05) is 6.92 Å². The van der Waals surface area contributed by atoms with Crippen molar-refractivity contribution in [2.24, 2.45) is 5.92 Å². The molecule has 0 amide bonds. The maximum atomic E-state index is 13.4. The molecular formula is C15H21FN2O3. The Kier molecular flexibility index (Phi) is 5.64. The molecule has 0 spiro atoms. The summed E-state index contributed by atoms with van der Waals surface area (Å²) in [6.45, 7) is 4.25. The standard InChI is InChI=1S/C15H21FN2O3/c1-2-6-17-14-5-7-21-10-12(14)8-11-9-13(16)3-4-15(11)18(19)20/h3-4,9,12,14,17H,2,5-8,10H2,1H3. The Labute approximate surface area is 123 Å². The van der Waals surface area contributed by atoms with E-state index in [1.54, 1.807) is 0 Å². The minimum Gasteiger partial charge on any atom is -0.381 e. The van der Waals surface area contributed by atoms with Crippen LogP contribution in [-0.2, 0) is 11.2 Å². The van der Waals surface area contributed by atoms with Crippen LogP contribution in [-0.4, -0.2) is 30.7 Å². The van der Waals surface area contributed by atoms with Gasteiger partial charge in [0.25, 0.3) is 5.69 Å². The summed E-state index contributed by atoms with van der Waals surface area (Å²) in [5.41, 5.74) is 0.426. The van der Waals surface area contributed by atoms with Crippen LogP contribution in [0.15, 0.2) is 18.2 Å². The number of nitro groups is 1. The molecule has 5 nitrogen and oxygen atoms in total. The number of ether oxygens (including phenoxy) is 1. The van der Waals surface area contributed by atoms with Crippen molar-refractivity contribution in [2.75, 3.05) is 19.8 Å². The second kappa shape index (κ2) is 7.47. The van der Waals surface area contributed by atoms with E-state index in [0.29, 0.717) is 25.2 Å². The van der Waals surface area contributed by atoms with Gasteiger partial charge < -0.3 is 10.1 Å². The lowest BCUT2D eigenvalue weighted by Crippen LogP contribution is -2.44. The van der Waals surface area contributed by atoms with Gasteiger partial charge in [-0.2, -0.15) is 0 Å². The molecule has 21 heavy (non-hydrogen) atoms. The Morgan fingerprint density at radius 3 is 3.05 bits per heavy atom. The van der Waals surface area contributed by atoms with Crippen LogP contribution in [0.3, 0.4) is 0 Å². The van der Waals surface area contributed by atoms with Crippen molar-refractivity contribution in [3.63, 3.8) is 0 Å². The molecule has 1 N–H and O–H groups in total. The highest BCUT2D eigenvalue weighted by Gasteiger charge is 2.28. The van der Waals surface area contributed by atoms with E-state index in [4.69, 9.17) is 4.74 Å². The molecule has 0 aliphatic carbocycles. The monoisotopic (exact) mass is 296 g/mol. The molecule has 1 fully saturated rings. The Balaban J connectivity index is 2.14. The molecule has 6 heteroatoms. The maximum Gasteiger partial charge on any atom is 0.272 e. The first-order valence-electron chi connectivity index (χ1n) is 7.35. The molecule has 0 aromatic heterocycles. The number of halogens is 1. The molecule has 2 atom stereocenters. The van der Waals surface area contributed by atoms with Crippen LogP contribution in [0.25, 0.3) is 0 Å². The third-order valence-electron chi connectivity index (χ3n) is 3.85. The van der Waals surface area contributed by atoms with Crippen molar-refractivity contribution in [2.45, 2.75) is 32.2 Å². The van der Waals surface area contributed by atoms with Crippen molar-refractivity contribution in [1.82, 2.24) is 5.32 Å². The first kappa shape index (κ1) is 15.9.